The maximum absolute atomic E-state index is 12.6. The average Bonchev–Trinajstić information content (AvgIpc) is 2.86. The molecule has 0 amide bonds. The number of aliphatic hydroxyl groups is 7. The molecule has 12 heteroatoms. The second-order valence-electron chi connectivity index (χ2n) is 9.57. The highest BCUT2D eigenvalue weighted by molar-refractivity contribution is 8.14. The van der Waals surface area contributed by atoms with Gasteiger partial charge in [-0.3, -0.25) is 4.79 Å². The summed E-state index contributed by atoms with van der Waals surface area (Å²) >= 11 is 0.765. The first-order valence-corrected chi connectivity index (χ1v) is 13.9. The minimum absolute atomic E-state index is 0.216. The quantitative estimate of drug-likeness (QED) is 0.136. The van der Waals surface area contributed by atoms with Crippen molar-refractivity contribution in [3.8, 4) is 0 Å². The monoisotopic (exact) mass is 540 g/mol. The molecular formula is C24H44O11S. The Morgan fingerprint density at radius 2 is 1.33 bits per heavy atom. The highest BCUT2D eigenvalue weighted by atomic mass is 32.2. The van der Waals surface area contributed by atoms with Gasteiger partial charge in [-0.15, -0.1) is 0 Å². The van der Waals surface area contributed by atoms with Crippen LogP contribution < -0.4 is 0 Å². The Hall–Kier alpha value is -0.380. The molecule has 0 spiro atoms. The molecule has 2 saturated heterocycles. The number of thioether (sulfide) groups is 1. The van der Waals surface area contributed by atoms with Crippen molar-refractivity contribution in [2.45, 2.75) is 132 Å². The van der Waals surface area contributed by atoms with Gasteiger partial charge in [0.15, 0.2) is 17.7 Å². The van der Waals surface area contributed by atoms with Gasteiger partial charge in [0.2, 0.25) is 0 Å². The molecule has 36 heavy (non-hydrogen) atoms. The molecule has 2 rings (SSSR count). The molecule has 0 aromatic heterocycles. The van der Waals surface area contributed by atoms with E-state index in [0.29, 0.717) is 6.42 Å². The van der Waals surface area contributed by atoms with Gasteiger partial charge in [0, 0.05) is 6.42 Å². The van der Waals surface area contributed by atoms with Crippen molar-refractivity contribution >= 4 is 16.9 Å². The molecule has 0 aromatic carbocycles. The summed E-state index contributed by atoms with van der Waals surface area (Å²) in [6.45, 7) is 0.895. The van der Waals surface area contributed by atoms with Gasteiger partial charge >= 0.3 is 0 Å². The number of carbonyl (C=O) groups excluding carboxylic acids is 1. The number of carbonyl (C=O) groups is 1. The Bertz CT molecular complexity index is 625. The molecule has 2 fully saturated rings. The second-order valence-corrected chi connectivity index (χ2v) is 10.8. The van der Waals surface area contributed by atoms with Crippen molar-refractivity contribution < 1.29 is 54.8 Å². The van der Waals surface area contributed by atoms with Crippen LogP contribution >= 0.6 is 11.8 Å². The third kappa shape index (κ3) is 9.12. The molecule has 0 aromatic rings. The molecule has 0 aliphatic carbocycles. The Balaban J connectivity index is 1.88. The van der Waals surface area contributed by atoms with Crippen molar-refractivity contribution in [3.05, 3.63) is 0 Å². The molecule has 0 bridgehead atoms. The molecule has 212 valence electrons. The van der Waals surface area contributed by atoms with Gasteiger partial charge in [0.25, 0.3) is 0 Å². The number of rotatable bonds is 15. The molecule has 0 unspecified atom stereocenters. The van der Waals surface area contributed by atoms with E-state index in [1.54, 1.807) is 0 Å². The van der Waals surface area contributed by atoms with E-state index in [9.17, 15) is 40.5 Å². The van der Waals surface area contributed by atoms with E-state index < -0.39 is 73.8 Å². The molecule has 11 nitrogen and oxygen atoms in total. The first-order valence-electron chi connectivity index (χ1n) is 13.0. The van der Waals surface area contributed by atoms with E-state index in [2.05, 4.69) is 6.92 Å². The second kappa shape index (κ2) is 16.6. The van der Waals surface area contributed by atoms with Gasteiger partial charge < -0.3 is 50.0 Å². The lowest BCUT2D eigenvalue weighted by atomic mass is 9.98. The minimum atomic E-state index is -1.75. The topological polar surface area (TPSA) is 186 Å². The molecule has 2 aliphatic rings. The fraction of sp³-hybridized carbons (Fsp3) is 0.958. The van der Waals surface area contributed by atoms with Gasteiger partial charge in [0.05, 0.1) is 24.6 Å². The lowest BCUT2D eigenvalue weighted by Crippen LogP contribution is -2.64. The zero-order valence-corrected chi connectivity index (χ0v) is 21.7. The predicted molar refractivity (Wildman–Crippen MR) is 131 cm³/mol. The highest BCUT2D eigenvalue weighted by Gasteiger charge is 2.51. The van der Waals surface area contributed by atoms with E-state index in [1.807, 2.05) is 0 Å². The van der Waals surface area contributed by atoms with E-state index in [1.165, 1.54) is 32.1 Å². The summed E-state index contributed by atoms with van der Waals surface area (Å²) in [5.74, 6) is 0. The van der Waals surface area contributed by atoms with Gasteiger partial charge in [-0.25, -0.2) is 0 Å². The van der Waals surface area contributed by atoms with E-state index in [-0.39, 0.29) is 11.5 Å². The van der Waals surface area contributed by atoms with Crippen LogP contribution in [-0.4, -0.2) is 115 Å². The molecule has 0 saturated carbocycles. The van der Waals surface area contributed by atoms with Crippen LogP contribution in [-0.2, 0) is 19.0 Å². The van der Waals surface area contributed by atoms with Crippen molar-refractivity contribution in [1.82, 2.24) is 0 Å². The maximum Gasteiger partial charge on any atom is 0.189 e. The first-order chi connectivity index (χ1) is 17.2. The standard InChI is InChI=1S/C24H44O11S/c1-2-3-4-5-6-7-8-9-10-11-16(27)36-22-17(28)14(12-25)34-24(20(22)31)35-21-15(13-26)33-23(32)19(30)18(21)29/h14-15,17-26,28-32H,2-13H2,1H3/t14-,15-,17-,18-,19-,20-,21-,22+,23-,24-/m1/s1. The normalized spacial score (nSPS) is 37.2. The predicted octanol–water partition coefficient (Wildman–Crippen LogP) is -0.209. The zero-order chi connectivity index (χ0) is 26.7. The summed E-state index contributed by atoms with van der Waals surface area (Å²) in [4.78, 5) is 12.6. The number of ether oxygens (including phenoxy) is 3. The van der Waals surface area contributed by atoms with Crippen LogP contribution in [0.15, 0.2) is 0 Å². The SMILES string of the molecule is CCCCCCCCCCCC(=O)S[C@@H]1[C@@H](O)[C@@H](O[C@H]2[C@H](O)[C@@H](O)[C@H](O)O[C@@H]2CO)O[C@H](CO)[C@H]1O. The summed E-state index contributed by atoms with van der Waals surface area (Å²) in [6, 6.07) is 0. The molecule has 7 N–H and O–H groups in total. The van der Waals surface area contributed by atoms with Gasteiger partial charge in [-0.1, -0.05) is 70.1 Å². The van der Waals surface area contributed by atoms with Crippen LogP contribution in [0.4, 0.5) is 0 Å². The number of unbranched alkanes of at least 4 members (excludes halogenated alkanes) is 8. The van der Waals surface area contributed by atoms with E-state index in [0.717, 1.165) is 31.0 Å². The average molecular weight is 541 g/mol. The summed E-state index contributed by atoms with van der Waals surface area (Å²) in [5.41, 5.74) is 0. The Labute approximate surface area is 216 Å². The van der Waals surface area contributed by atoms with Crippen molar-refractivity contribution in [3.63, 3.8) is 0 Å². The first kappa shape index (κ1) is 31.8. The number of hydrogen-bond donors (Lipinski definition) is 7. The maximum atomic E-state index is 12.6. The molecular weight excluding hydrogens is 496 g/mol. The Morgan fingerprint density at radius 1 is 0.750 bits per heavy atom. The van der Waals surface area contributed by atoms with Crippen LogP contribution in [0.3, 0.4) is 0 Å². The summed E-state index contributed by atoms with van der Waals surface area (Å²) < 4.78 is 16.1. The van der Waals surface area contributed by atoms with Crippen LogP contribution in [0.5, 0.6) is 0 Å². The van der Waals surface area contributed by atoms with Crippen molar-refractivity contribution in [2.24, 2.45) is 0 Å². The van der Waals surface area contributed by atoms with E-state index in [4.69, 9.17) is 14.2 Å². The lowest BCUT2D eigenvalue weighted by molar-refractivity contribution is -0.342. The summed E-state index contributed by atoms with van der Waals surface area (Å²) in [6.07, 6.45) is -3.14. The third-order valence-electron chi connectivity index (χ3n) is 6.70. The zero-order valence-electron chi connectivity index (χ0n) is 20.9. The highest BCUT2D eigenvalue weighted by Crippen LogP contribution is 2.34. The molecule has 0 radical (unpaired) electrons. The van der Waals surface area contributed by atoms with Crippen LogP contribution in [0.1, 0.15) is 71.1 Å². The van der Waals surface area contributed by atoms with Crippen molar-refractivity contribution in [1.29, 1.82) is 0 Å². The van der Waals surface area contributed by atoms with Gasteiger partial charge in [0.1, 0.15) is 36.6 Å². The van der Waals surface area contributed by atoms with Crippen LogP contribution in [0, 0.1) is 0 Å². The number of aliphatic hydroxyl groups excluding tert-OH is 7. The Morgan fingerprint density at radius 3 is 1.92 bits per heavy atom. The van der Waals surface area contributed by atoms with Crippen LogP contribution in [0.2, 0.25) is 0 Å². The molecule has 2 heterocycles. The smallest absolute Gasteiger partial charge is 0.189 e. The van der Waals surface area contributed by atoms with Gasteiger partial charge in [-0.05, 0) is 6.42 Å². The Kier molecular flexibility index (Phi) is 14.6. The summed E-state index contributed by atoms with van der Waals surface area (Å²) in [7, 11) is 0. The van der Waals surface area contributed by atoms with E-state index >= 15 is 0 Å². The minimum Gasteiger partial charge on any atom is -0.394 e. The van der Waals surface area contributed by atoms with Crippen LogP contribution in [0.25, 0.3) is 0 Å². The molecule has 2 aliphatic heterocycles. The third-order valence-corrected chi connectivity index (χ3v) is 8.00. The lowest BCUT2D eigenvalue weighted by Gasteiger charge is -2.46. The fourth-order valence-corrected chi connectivity index (χ4v) is 5.63. The van der Waals surface area contributed by atoms with Crippen molar-refractivity contribution in [2.75, 3.05) is 13.2 Å². The largest absolute Gasteiger partial charge is 0.394 e. The number of hydrogen-bond acceptors (Lipinski definition) is 12. The molecule has 10 atom stereocenters. The van der Waals surface area contributed by atoms with Gasteiger partial charge in [-0.2, -0.15) is 0 Å². The summed E-state index contributed by atoms with van der Waals surface area (Å²) in [5, 5.41) is 69.1. The fourth-order valence-electron chi connectivity index (χ4n) is 4.49.